The number of carbonyl (C=O) groups is 2. The van der Waals surface area contributed by atoms with E-state index >= 15 is 0 Å². The van der Waals surface area contributed by atoms with E-state index in [-0.39, 0.29) is 34.7 Å². The Hall–Kier alpha value is -1.12. The number of ether oxygens (including phenoxy) is 1. The van der Waals surface area contributed by atoms with E-state index in [0.717, 1.165) is 6.42 Å². The average molecular weight is 248 g/mol. The van der Waals surface area contributed by atoms with Gasteiger partial charge in [0.2, 0.25) is 0 Å². The molecule has 4 atom stereocenters. The molecule has 3 rings (SSSR count). The number of rotatable bonds is 2. The van der Waals surface area contributed by atoms with Crippen molar-refractivity contribution in [2.75, 3.05) is 0 Å². The third kappa shape index (κ3) is 1.30. The van der Waals surface area contributed by atoms with Crippen molar-refractivity contribution in [2.45, 2.75) is 46.1 Å². The Balaban J connectivity index is 1.95. The molecule has 2 saturated carbocycles. The second kappa shape index (κ2) is 3.46. The molecule has 2 bridgehead atoms. The first-order chi connectivity index (χ1) is 8.38. The smallest absolute Gasteiger partial charge is 0.310 e. The molecule has 3 nitrogen and oxygen atoms in total. The molecule has 18 heavy (non-hydrogen) atoms. The first-order valence-electron chi connectivity index (χ1n) is 6.79. The Morgan fingerprint density at radius 2 is 2.17 bits per heavy atom. The topological polar surface area (TPSA) is 43.4 Å². The molecule has 0 aromatic carbocycles. The fourth-order valence-electron chi connectivity index (χ4n) is 4.48. The minimum atomic E-state index is -0.213. The van der Waals surface area contributed by atoms with Crippen molar-refractivity contribution in [1.82, 2.24) is 0 Å². The fraction of sp³-hybridized carbons (Fsp3) is 0.733. The van der Waals surface area contributed by atoms with Crippen LogP contribution >= 0.6 is 0 Å². The lowest BCUT2D eigenvalue weighted by Gasteiger charge is -2.39. The van der Waals surface area contributed by atoms with Crippen LogP contribution in [0.25, 0.3) is 0 Å². The molecule has 3 heteroatoms. The maximum Gasteiger partial charge on any atom is 0.310 e. The van der Waals surface area contributed by atoms with Crippen molar-refractivity contribution in [3.05, 3.63) is 12.2 Å². The summed E-state index contributed by atoms with van der Waals surface area (Å²) < 4.78 is 5.41. The third-order valence-electron chi connectivity index (χ3n) is 5.20. The molecular formula is C15H20O3. The molecule has 0 heterocycles. The van der Waals surface area contributed by atoms with Crippen LogP contribution in [0.4, 0.5) is 0 Å². The maximum absolute atomic E-state index is 12.3. The summed E-state index contributed by atoms with van der Waals surface area (Å²) in [4.78, 5) is 24.2. The van der Waals surface area contributed by atoms with Crippen LogP contribution in [0, 0.1) is 22.7 Å². The van der Waals surface area contributed by atoms with Crippen LogP contribution in [0.3, 0.4) is 0 Å². The summed E-state index contributed by atoms with van der Waals surface area (Å²) >= 11 is 0. The number of carbonyl (C=O) groups excluding carboxylic acids is 2. The van der Waals surface area contributed by atoms with E-state index in [1.54, 1.807) is 0 Å². The molecule has 0 aliphatic heterocycles. The van der Waals surface area contributed by atoms with Gasteiger partial charge in [-0.15, -0.1) is 0 Å². The van der Waals surface area contributed by atoms with Crippen LogP contribution in [0.1, 0.15) is 40.0 Å². The molecule has 0 unspecified atom stereocenters. The Labute approximate surface area is 108 Å². The first-order valence-corrected chi connectivity index (χ1v) is 6.79. The number of esters is 1. The van der Waals surface area contributed by atoms with Gasteiger partial charge in [0, 0.05) is 18.3 Å². The van der Waals surface area contributed by atoms with E-state index in [2.05, 4.69) is 19.1 Å². The lowest BCUT2D eigenvalue weighted by molar-refractivity contribution is -0.158. The maximum atomic E-state index is 12.3. The monoisotopic (exact) mass is 248 g/mol. The highest BCUT2D eigenvalue weighted by atomic mass is 16.5. The van der Waals surface area contributed by atoms with Gasteiger partial charge in [-0.25, -0.2) is 0 Å². The third-order valence-corrected chi connectivity index (χ3v) is 5.20. The van der Waals surface area contributed by atoms with E-state index in [1.165, 1.54) is 0 Å². The van der Waals surface area contributed by atoms with Gasteiger partial charge in [-0.1, -0.05) is 19.1 Å². The predicted octanol–water partition coefficient (Wildman–Crippen LogP) is 2.50. The van der Waals surface area contributed by atoms with Crippen molar-refractivity contribution < 1.29 is 14.3 Å². The highest BCUT2D eigenvalue weighted by Gasteiger charge is 2.68. The summed E-state index contributed by atoms with van der Waals surface area (Å²) in [5.74, 6) is 0.328. The molecule has 0 amide bonds. The van der Waals surface area contributed by atoms with Gasteiger partial charge in [0.25, 0.3) is 0 Å². The van der Waals surface area contributed by atoms with Crippen molar-refractivity contribution in [3.63, 3.8) is 0 Å². The van der Waals surface area contributed by atoms with Crippen LogP contribution < -0.4 is 0 Å². The minimum Gasteiger partial charge on any atom is -0.463 e. The molecule has 1 spiro atoms. The Bertz CT molecular complexity index is 451. The van der Waals surface area contributed by atoms with E-state index < -0.39 is 0 Å². The van der Waals surface area contributed by atoms with Crippen molar-refractivity contribution >= 4 is 11.8 Å². The second-order valence-corrected chi connectivity index (χ2v) is 6.66. The van der Waals surface area contributed by atoms with Crippen molar-refractivity contribution in [1.29, 1.82) is 0 Å². The first kappa shape index (κ1) is 11.9. The minimum absolute atomic E-state index is 0.0601. The van der Waals surface area contributed by atoms with Gasteiger partial charge < -0.3 is 4.74 Å². The molecule has 98 valence electrons. The average Bonchev–Trinajstić information content (AvgIpc) is 2.76. The number of Topliss-reactive ketones (excluding diaryl/α,β-unsaturated/α-hetero) is 1. The second-order valence-electron chi connectivity index (χ2n) is 6.66. The number of hydrogen-bond donors (Lipinski definition) is 0. The summed E-state index contributed by atoms with van der Waals surface area (Å²) in [6.07, 6.45) is 6.34. The Morgan fingerprint density at radius 1 is 1.44 bits per heavy atom. The predicted molar refractivity (Wildman–Crippen MR) is 66.7 cm³/mol. The Morgan fingerprint density at radius 3 is 2.83 bits per heavy atom. The van der Waals surface area contributed by atoms with Crippen LogP contribution in [-0.2, 0) is 14.3 Å². The number of allylic oxidation sites excluding steroid dienone is 2. The zero-order valence-electron chi connectivity index (χ0n) is 11.2. The standard InChI is InChI=1S/C15H20O3/c1-9(2)18-13(17)12-10-4-5-15(6-10)8-11(16)7-14(12,15)3/h4-5,9-10,12H,6-8H2,1-3H3/t10-,12+,14+,15+/m0/s1. The molecule has 0 N–H and O–H groups in total. The summed E-state index contributed by atoms with van der Waals surface area (Å²) in [5, 5.41) is 0. The SMILES string of the molecule is CC(C)OC(=O)[C@H]1[C@H]2C=C[C@]3(CC(=O)C[C@]13C)C2. The lowest BCUT2D eigenvalue weighted by Crippen LogP contribution is -2.40. The number of fused-ring (bicyclic) bond motifs is 1. The molecule has 0 aromatic heterocycles. The molecule has 0 aromatic rings. The van der Waals surface area contributed by atoms with Crippen LogP contribution in [0.5, 0.6) is 0 Å². The van der Waals surface area contributed by atoms with Gasteiger partial charge in [-0.05, 0) is 31.6 Å². The highest BCUT2D eigenvalue weighted by Crippen LogP contribution is 2.70. The van der Waals surface area contributed by atoms with E-state index in [9.17, 15) is 9.59 Å². The van der Waals surface area contributed by atoms with Gasteiger partial charge in [-0.2, -0.15) is 0 Å². The number of ketones is 1. The van der Waals surface area contributed by atoms with Crippen molar-refractivity contribution in [3.8, 4) is 0 Å². The molecule has 3 aliphatic rings. The van der Waals surface area contributed by atoms with Crippen LogP contribution in [0.2, 0.25) is 0 Å². The quantitative estimate of drug-likeness (QED) is 0.557. The van der Waals surface area contributed by atoms with Crippen molar-refractivity contribution in [2.24, 2.45) is 22.7 Å². The summed E-state index contributed by atoms with van der Waals surface area (Å²) in [6.45, 7) is 5.85. The molecule has 3 aliphatic carbocycles. The summed E-state index contributed by atoms with van der Waals surface area (Å²) in [6, 6.07) is 0. The van der Waals surface area contributed by atoms with Gasteiger partial charge in [0.05, 0.1) is 12.0 Å². The fourth-order valence-corrected chi connectivity index (χ4v) is 4.48. The molecule has 0 radical (unpaired) electrons. The summed E-state index contributed by atoms with van der Waals surface area (Å²) in [5.41, 5.74) is -0.273. The summed E-state index contributed by atoms with van der Waals surface area (Å²) in [7, 11) is 0. The molecular weight excluding hydrogens is 228 g/mol. The highest BCUT2D eigenvalue weighted by molar-refractivity contribution is 5.87. The zero-order valence-corrected chi connectivity index (χ0v) is 11.2. The Kier molecular flexibility index (Phi) is 2.30. The van der Waals surface area contributed by atoms with E-state index in [0.29, 0.717) is 18.6 Å². The van der Waals surface area contributed by atoms with Crippen LogP contribution in [0.15, 0.2) is 12.2 Å². The zero-order chi connectivity index (χ0) is 13.1. The van der Waals surface area contributed by atoms with E-state index in [4.69, 9.17) is 4.74 Å². The largest absolute Gasteiger partial charge is 0.463 e. The van der Waals surface area contributed by atoms with E-state index in [1.807, 2.05) is 13.8 Å². The van der Waals surface area contributed by atoms with Crippen LogP contribution in [-0.4, -0.2) is 17.9 Å². The van der Waals surface area contributed by atoms with Gasteiger partial charge in [0.1, 0.15) is 5.78 Å². The lowest BCUT2D eigenvalue weighted by atomic mass is 9.64. The van der Waals surface area contributed by atoms with Gasteiger partial charge >= 0.3 is 5.97 Å². The normalized spacial score (nSPS) is 44.8. The number of hydrogen-bond acceptors (Lipinski definition) is 3. The van der Waals surface area contributed by atoms with Gasteiger partial charge in [-0.3, -0.25) is 9.59 Å². The van der Waals surface area contributed by atoms with Gasteiger partial charge in [0.15, 0.2) is 0 Å². The molecule has 2 fully saturated rings. The molecule has 0 saturated heterocycles.